The minimum atomic E-state index is -0.412. The van der Waals surface area contributed by atoms with Gasteiger partial charge in [0.25, 0.3) is 0 Å². The molecule has 2 aromatic heterocycles. The van der Waals surface area contributed by atoms with Crippen molar-refractivity contribution in [3.05, 3.63) is 58.4 Å². The third-order valence-corrected chi connectivity index (χ3v) is 5.03. The highest BCUT2D eigenvalue weighted by atomic mass is 35.5. The number of hydrogen-bond acceptors (Lipinski definition) is 5. The molecule has 7 nitrogen and oxygen atoms in total. The number of aliphatic imine (C=N–C) groups is 1. The molecule has 3 heterocycles. The summed E-state index contributed by atoms with van der Waals surface area (Å²) in [6.45, 7) is 3.89. The Morgan fingerprint density at radius 1 is 1.21 bits per heavy atom. The summed E-state index contributed by atoms with van der Waals surface area (Å²) in [5.74, 6) is 1.57. The lowest BCUT2D eigenvalue weighted by Gasteiger charge is -2.11. The fourth-order valence-electron chi connectivity index (χ4n) is 3.53. The van der Waals surface area contributed by atoms with Crippen molar-refractivity contribution in [1.29, 1.82) is 0 Å². The van der Waals surface area contributed by atoms with E-state index in [4.69, 9.17) is 16.6 Å². The first kappa shape index (κ1) is 18.6. The largest absolute Gasteiger partial charge is 0.300 e. The van der Waals surface area contributed by atoms with Gasteiger partial charge in [-0.1, -0.05) is 30.7 Å². The lowest BCUT2D eigenvalue weighted by atomic mass is 10.0. The molecule has 8 heteroatoms. The number of aryl methyl sites for hydroxylation is 2. The average Bonchev–Trinajstić information content (AvgIpc) is 3.19. The Morgan fingerprint density at radius 2 is 1.96 bits per heavy atom. The van der Waals surface area contributed by atoms with Gasteiger partial charge in [-0.2, -0.15) is 5.10 Å². The van der Waals surface area contributed by atoms with Crippen LogP contribution in [0.1, 0.15) is 55.1 Å². The first-order valence-electron chi connectivity index (χ1n) is 9.29. The third kappa shape index (κ3) is 3.26. The second-order valence-electron chi connectivity index (χ2n) is 6.97. The summed E-state index contributed by atoms with van der Waals surface area (Å²) in [6, 6.07) is 7.09. The van der Waals surface area contributed by atoms with Gasteiger partial charge < -0.3 is 0 Å². The smallest absolute Gasteiger partial charge is 0.163 e. The molecule has 0 aliphatic carbocycles. The molecule has 0 bridgehead atoms. The van der Waals surface area contributed by atoms with Crippen LogP contribution in [0.4, 0.5) is 0 Å². The molecule has 4 rings (SSSR count). The molecule has 0 radical (unpaired) electrons. The summed E-state index contributed by atoms with van der Waals surface area (Å²) in [5.41, 5.74) is 3.22. The minimum Gasteiger partial charge on any atom is -0.300 e. The van der Waals surface area contributed by atoms with E-state index >= 15 is 0 Å². The highest BCUT2D eigenvalue weighted by molar-refractivity contribution is 6.30. The van der Waals surface area contributed by atoms with Crippen molar-refractivity contribution in [1.82, 2.24) is 24.5 Å². The predicted molar refractivity (Wildman–Crippen MR) is 107 cm³/mol. The number of benzene rings is 1. The number of ketones is 1. The number of rotatable bonds is 5. The van der Waals surface area contributed by atoms with E-state index < -0.39 is 6.04 Å². The molecule has 0 amide bonds. The summed E-state index contributed by atoms with van der Waals surface area (Å²) >= 11 is 6.07. The first-order valence-corrected chi connectivity index (χ1v) is 9.67. The van der Waals surface area contributed by atoms with Crippen LogP contribution in [0, 0.1) is 6.92 Å². The Bertz CT molecular complexity index is 1060. The van der Waals surface area contributed by atoms with Crippen molar-refractivity contribution >= 4 is 23.1 Å². The van der Waals surface area contributed by atoms with Crippen molar-refractivity contribution in [2.75, 3.05) is 0 Å². The van der Waals surface area contributed by atoms with E-state index in [-0.39, 0.29) is 5.78 Å². The van der Waals surface area contributed by atoms with Gasteiger partial charge in [0.2, 0.25) is 0 Å². The minimum absolute atomic E-state index is 0.166. The quantitative estimate of drug-likeness (QED) is 0.659. The van der Waals surface area contributed by atoms with Crippen LogP contribution in [0.25, 0.3) is 5.69 Å². The lowest BCUT2D eigenvalue weighted by Crippen LogP contribution is -2.11. The maximum atomic E-state index is 12.4. The summed E-state index contributed by atoms with van der Waals surface area (Å²) in [6.07, 6.45) is 3.56. The highest BCUT2D eigenvalue weighted by Crippen LogP contribution is 2.32. The standard InChI is InChI=1S/C20H21ClN6O/c1-4-5-15(28)10-16-20-24-23-12(2)27(20)17-11-26(3)25-19(17)18(22-16)13-6-8-14(21)9-7-13/h6-9,11,16H,4-5,10H2,1-3H3. The number of fused-ring (bicyclic) bond motifs is 3. The van der Waals surface area contributed by atoms with E-state index in [2.05, 4.69) is 15.3 Å². The molecule has 1 aromatic carbocycles. The van der Waals surface area contributed by atoms with Crippen molar-refractivity contribution in [2.45, 2.75) is 39.2 Å². The van der Waals surface area contributed by atoms with Gasteiger partial charge in [-0.25, -0.2) is 0 Å². The number of halogens is 1. The Kier molecular flexibility index (Phi) is 4.85. The van der Waals surface area contributed by atoms with Gasteiger partial charge in [0.1, 0.15) is 23.3 Å². The first-order chi connectivity index (χ1) is 13.5. The number of carbonyl (C=O) groups excluding carboxylic acids is 1. The predicted octanol–water partition coefficient (Wildman–Crippen LogP) is 3.61. The fraction of sp³-hybridized carbons (Fsp3) is 0.350. The molecular formula is C20H21ClN6O. The Hall–Kier alpha value is -2.80. The van der Waals surface area contributed by atoms with E-state index in [0.717, 1.165) is 34.9 Å². The van der Waals surface area contributed by atoms with Crippen LogP contribution in [0.15, 0.2) is 35.5 Å². The van der Waals surface area contributed by atoms with Crippen LogP contribution < -0.4 is 0 Å². The number of hydrogen-bond donors (Lipinski definition) is 0. The summed E-state index contributed by atoms with van der Waals surface area (Å²) in [4.78, 5) is 17.4. The molecule has 1 atom stereocenters. The molecule has 144 valence electrons. The monoisotopic (exact) mass is 396 g/mol. The third-order valence-electron chi connectivity index (χ3n) is 4.78. The summed E-state index contributed by atoms with van der Waals surface area (Å²) in [5, 5.41) is 13.9. The normalized spacial score (nSPS) is 15.6. The second-order valence-corrected chi connectivity index (χ2v) is 7.41. The Morgan fingerprint density at radius 3 is 2.68 bits per heavy atom. The van der Waals surface area contributed by atoms with Crippen LogP contribution in [0.3, 0.4) is 0 Å². The second kappa shape index (κ2) is 7.31. The van der Waals surface area contributed by atoms with Crippen molar-refractivity contribution in [3.63, 3.8) is 0 Å². The molecule has 28 heavy (non-hydrogen) atoms. The van der Waals surface area contributed by atoms with E-state index in [1.165, 1.54) is 0 Å². The maximum absolute atomic E-state index is 12.4. The number of carbonyl (C=O) groups is 1. The molecule has 0 saturated heterocycles. The van der Waals surface area contributed by atoms with E-state index in [1.54, 1.807) is 4.68 Å². The molecule has 3 aromatic rings. The number of aromatic nitrogens is 5. The van der Waals surface area contributed by atoms with Gasteiger partial charge in [0, 0.05) is 36.7 Å². The van der Waals surface area contributed by atoms with Gasteiger partial charge in [0.15, 0.2) is 5.82 Å². The molecule has 0 N–H and O–H groups in total. The van der Waals surface area contributed by atoms with Crippen LogP contribution >= 0.6 is 11.6 Å². The van der Waals surface area contributed by atoms with Gasteiger partial charge in [0.05, 0.1) is 11.4 Å². The summed E-state index contributed by atoms with van der Waals surface area (Å²) in [7, 11) is 1.87. The van der Waals surface area contributed by atoms with E-state index in [1.807, 2.05) is 55.9 Å². The fourth-order valence-corrected chi connectivity index (χ4v) is 3.65. The van der Waals surface area contributed by atoms with Crippen molar-refractivity contribution in [2.24, 2.45) is 12.0 Å². The Labute approximate surface area is 168 Å². The van der Waals surface area contributed by atoms with Crippen LogP contribution in [0.5, 0.6) is 0 Å². The van der Waals surface area contributed by atoms with Crippen LogP contribution in [-0.4, -0.2) is 36.0 Å². The molecule has 0 saturated carbocycles. The SMILES string of the molecule is CCCC(=O)CC1N=C(c2ccc(Cl)cc2)c2nn(C)cc2-n2c(C)nnc21. The summed E-state index contributed by atoms with van der Waals surface area (Å²) < 4.78 is 3.71. The van der Waals surface area contributed by atoms with Crippen LogP contribution in [0.2, 0.25) is 5.02 Å². The van der Waals surface area contributed by atoms with Crippen molar-refractivity contribution < 1.29 is 4.79 Å². The maximum Gasteiger partial charge on any atom is 0.163 e. The van der Waals surface area contributed by atoms with Gasteiger partial charge >= 0.3 is 0 Å². The van der Waals surface area contributed by atoms with Crippen LogP contribution in [-0.2, 0) is 11.8 Å². The highest BCUT2D eigenvalue weighted by Gasteiger charge is 2.31. The lowest BCUT2D eigenvalue weighted by molar-refractivity contribution is -0.119. The average molecular weight is 397 g/mol. The van der Waals surface area contributed by atoms with Gasteiger partial charge in [-0.05, 0) is 25.5 Å². The number of Topliss-reactive ketones (excluding diaryl/α,β-unsaturated/α-hetero) is 1. The van der Waals surface area contributed by atoms with E-state index in [9.17, 15) is 4.79 Å². The van der Waals surface area contributed by atoms with Gasteiger partial charge in [-0.3, -0.25) is 19.0 Å². The molecule has 1 unspecified atom stereocenters. The van der Waals surface area contributed by atoms with Gasteiger partial charge in [-0.15, -0.1) is 10.2 Å². The molecule has 1 aliphatic rings. The topological polar surface area (TPSA) is 78.0 Å². The van der Waals surface area contributed by atoms with Crippen molar-refractivity contribution in [3.8, 4) is 5.69 Å². The molecule has 1 aliphatic heterocycles. The molecule has 0 spiro atoms. The zero-order chi connectivity index (χ0) is 19.8. The molecular weight excluding hydrogens is 376 g/mol. The van der Waals surface area contributed by atoms with E-state index in [0.29, 0.717) is 23.7 Å². The zero-order valence-corrected chi connectivity index (χ0v) is 16.8. The Balaban J connectivity index is 1.92. The zero-order valence-electron chi connectivity index (χ0n) is 16.1. The number of nitrogens with zero attached hydrogens (tertiary/aromatic N) is 6. The molecule has 0 fully saturated rings.